The minimum Gasteiger partial charge on any atom is -0.481 e. The summed E-state index contributed by atoms with van der Waals surface area (Å²) in [5.41, 5.74) is 0. The molecule has 0 spiro atoms. The van der Waals surface area contributed by atoms with Crippen LogP contribution >= 0.6 is 0 Å². The maximum Gasteiger partial charge on any atom is 0.226 e. The lowest BCUT2D eigenvalue weighted by molar-refractivity contribution is 0.183. The summed E-state index contributed by atoms with van der Waals surface area (Å²) in [5, 5.41) is 12.2. The van der Waals surface area contributed by atoms with Gasteiger partial charge in [-0.25, -0.2) is 4.98 Å². The largest absolute Gasteiger partial charge is 0.481 e. The Hall–Kier alpha value is -1.36. The second-order valence-electron chi connectivity index (χ2n) is 2.87. The molecule has 0 saturated heterocycles. The van der Waals surface area contributed by atoms with E-state index in [1.54, 1.807) is 19.4 Å². The molecule has 5 nitrogen and oxygen atoms in total. The van der Waals surface area contributed by atoms with Crippen LogP contribution in [0.2, 0.25) is 0 Å². The molecular weight excluding hydrogens is 182 g/mol. The summed E-state index contributed by atoms with van der Waals surface area (Å²) in [7, 11) is 1.55. The van der Waals surface area contributed by atoms with Gasteiger partial charge in [0, 0.05) is 18.8 Å². The van der Waals surface area contributed by atoms with Gasteiger partial charge < -0.3 is 15.2 Å². The highest BCUT2D eigenvalue weighted by Crippen LogP contribution is 2.07. The fourth-order valence-corrected chi connectivity index (χ4v) is 0.894. The van der Waals surface area contributed by atoms with Crippen LogP contribution in [0.1, 0.15) is 13.3 Å². The summed E-state index contributed by atoms with van der Waals surface area (Å²) < 4.78 is 4.93. The SMILES string of the molecule is CCC(O)CNc1nccc(OC)n1. The Morgan fingerprint density at radius 2 is 2.43 bits per heavy atom. The first kappa shape index (κ1) is 10.7. The number of aliphatic hydroxyl groups is 1. The van der Waals surface area contributed by atoms with E-state index in [-0.39, 0.29) is 6.10 Å². The molecule has 0 saturated carbocycles. The summed E-state index contributed by atoms with van der Waals surface area (Å²) in [5.74, 6) is 0.977. The van der Waals surface area contributed by atoms with Crippen LogP contribution in [0.25, 0.3) is 0 Å². The topological polar surface area (TPSA) is 67.3 Å². The van der Waals surface area contributed by atoms with Gasteiger partial charge in [0.25, 0.3) is 0 Å². The summed E-state index contributed by atoms with van der Waals surface area (Å²) in [4.78, 5) is 8.02. The predicted octanol–water partition coefficient (Wildman–Crippen LogP) is 0.668. The first-order valence-electron chi connectivity index (χ1n) is 4.55. The van der Waals surface area contributed by atoms with E-state index in [1.165, 1.54) is 0 Å². The van der Waals surface area contributed by atoms with Crippen molar-refractivity contribution in [1.29, 1.82) is 0 Å². The quantitative estimate of drug-likeness (QED) is 0.726. The van der Waals surface area contributed by atoms with Crippen LogP contribution in [-0.2, 0) is 0 Å². The van der Waals surface area contributed by atoms with Gasteiger partial charge in [-0.3, -0.25) is 0 Å². The number of nitrogens with zero attached hydrogens (tertiary/aromatic N) is 2. The van der Waals surface area contributed by atoms with Crippen molar-refractivity contribution in [1.82, 2.24) is 9.97 Å². The molecule has 0 fully saturated rings. The molecule has 0 bridgehead atoms. The van der Waals surface area contributed by atoms with E-state index in [4.69, 9.17) is 4.74 Å². The molecule has 1 rings (SSSR count). The number of methoxy groups -OCH3 is 1. The second kappa shape index (κ2) is 5.39. The van der Waals surface area contributed by atoms with Gasteiger partial charge in [-0.15, -0.1) is 0 Å². The number of aliphatic hydroxyl groups excluding tert-OH is 1. The van der Waals surface area contributed by atoms with Crippen molar-refractivity contribution in [2.75, 3.05) is 19.0 Å². The van der Waals surface area contributed by atoms with E-state index in [0.717, 1.165) is 0 Å². The summed E-state index contributed by atoms with van der Waals surface area (Å²) >= 11 is 0. The van der Waals surface area contributed by atoms with Gasteiger partial charge in [-0.1, -0.05) is 6.92 Å². The zero-order valence-electron chi connectivity index (χ0n) is 8.40. The molecular formula is C9H15N3O2. The van der Waals surface area contributed by atoms with Crippen LogP contribution in [-0.4, -0.2) is 34.8 Å². The zero-order valence-corrected chi connectivity index (χ0v) is 8.40. The Morgan fingerprint density at radius 3 is 3.07 bits per heavy atom. The molecule has 0 aliphatic rings. The summed E-state index contributed by atoms with van der Waals surface area (Å²) in [6.07, 6.45) is 1.94. The van der Waals surface area contributed by atoms with Gasteiger partial charge in [0.1, 0.15) is 0 Å². The Morgan fingerprint density at radius 1 is 1.64 bits per heavy atom. The van der Waals surface area contributed by atoms with Gasteiger partial charge in [-0.2, -0.15) is 4.98 Å². The Labute approximate surface area is 83.2 Å². The van der Waals surface area contributed by atoms with Crippen LogP contribution in [0.15, 0.2) is 12.3 Å². The predicted molar refractivity (Wildman–Crippen MR) is 53.4 cm³/mol. The van der Waals surface area contributed by atoms with Crippen molar-refractivity contribution in [3.63, 3.8) is 0 Å². The van der Waals surface area contributed by atoms with Crippen molar-refractivity contribution in [2.45, 2.75) is 19.4 Å². The fraction of sp³-hybridized carbons (Fsp3) is 0.556. The Balaban J connectivity index is 2.50. The lowest BCUT2D eigenvalue weighted by atomic mass is 10.3. The van der Waals surface area contributed by atoms with E-state index < -0.39 is 0 Å². The van der Waals surface area contributed by atoms with E-state index in [9.17, 15) is 5.11 Å². The number of nitrogens with one attached hydrogen (secondary N) is 1. The van der Waals surface area contributed by atoms with Crippen LogP contribution in [0.3, 0.4) is 0 Å². The van der Waals surface area contributed by atoms with Gasteiger partial charge >= 0.3 is 0 Å². The Kier molecular flexibility index (Phi) is 4.12. The smallest absolute Gasteiger partial charge is 0.226 e. The monoisotopic (exact) mass is 197 g/mol. The molecule has 0 aromatic carbocycles. The highest BCUT2D eigenvalue weighted by atomic mass is 16.5. The van der Waals surface area contributed by atoms with Crippen molar-refractivity contribution in [3.05, 3.63) is 12.3 Å². The molecule has 0 amide bonds. The molecule has 14 heavy (non-hydrogen) atoms. The lowest BCUT2D eigenvalue weighted by Crippen LogP contribution is -2.19. The minimum absolute atomic E-state index is 0.371. The number of hydrogen-bond acceptors (Lipinski definition) is 5. The number of ether oxygens (including phenoxy) is 1. The lowest BCUT2D eigenvalue weighted by Gasteiger charge is -2.09. The van der Waals surface area contributed by atoms with E-state index in [0.29, 0.717) is 24.8 Å². The van der Waals surface area contributed by atoms with Gasteiger partial charge in [0.05, 0.1) is 13.2 Å². The number of rotatable bonds is 5. The van der Waals surface area contributed by atoms with Crippen molar-refractivity contribution in [3.8, 4) is 5.88 Å². The second-order valence-corrected chi connectivity index (χ2v) is 2.87. The molecule has 1 aromatic heterocycles. The summed E-state index contributed by atoms with van der Waals surface area (Å²) in [6.45, 7) is 2.36. The third kappa shape index (κ3) is 3.18. The van der Waals surface area contributed by atoms with Crippen LogP contribution in [0, 0.1) is 0 Å². The summed E-state index contributed by atoms with van der Waals surface area (Å²) in [6, 6.07) is 1.67. The van der Waals surface area contributed by atoms with Crippen LogP contribution < -0.4 is 10.1 Å². The number of hydrogen-bond donors (Lipinski definition) is 2. The van der Waals surface area contributed by atoms with Crippen LogP contribution in [0.5, 0.6) is 5.88 Å². The molecule has 1 unspecified atom stereocenters. The first-order chi connectivity index (χ1) is 6.76. The van der Waals surface area contributed by atoms with Crippen LogP contribution in [0.4, 0.5) is 5.95 Å². The molecule has 1 atom stereocenters. The maximum absolute atomic E-state index is 9.30. The average molecular weight is 197 g/mol. The van der Waals surface area contributed by atoms with Gasteiger partial charge in [0.2, 0.25) is 11.8 Å². The van der Waals surface area contributed by atoms with Gasteiger partial charge in [0.15, 0.2) is 0 Å². The van der Waals surface area contributed by atoms with E-state index in [1.807, 2.05) is 6.92 Å². The molecule has 0 radical (unpaired) electrons. The molecule has 1 aromatic rings. The zero-order chi connectivity index (χ0) is 10.4. The minimum atomic E-state index is -0.371. The third-order valence-electron chi connectivity index (χ3n) is 1.81. The Bertz CT molecular complexity index is 281. The number of aromatic nitrogens is 2. The molecule has 0 aliphatic carbocycles. The van der Waals surface area contributed by atoms with Gasteiger partial charge in [-0.05, 0) is 6.42 Å². The van der Waals surface area contributed by atoms with Crippen molar-refractivity contribution < 1.29 is 9.84 Å². The van der Waals surface area contributed by atoms with Crippen molar-refractivity contribution in [2.24, 2.45) is 0 Å². The molecule has 0 aliphatic heterocycles. The highest BCUT2D eigenvalue weighted by molar-refractivity contribution is 5.27. The number of anilines is 1. The maximum atomic E-state index is 9.30. The molecule has 2 N–H and O–H groups in total. The molecule has 5 heteroatoms. The highest BCUT2D eigenvalue weighted by Gasteiger charge is 2.02. The fourth-order valence-electron chi connectivity index (χ4n) is 0.894. The first-order valence-corrected chi connectivity index (χ1v) is 4.55. The standard InChI is InChI=1S/C9H15N3O2/c1-3-7(13)6-11-9-10-5-4-8(12-9)14-2/h4-5,7,13H,3,6H2,1-2H3,(H,10,11,12). The molecule has 1 heterocycles. The van der Waals surface area contributed by atoms with E-state index >= 15 is 0 Å². The van der Waals surface area contributed by atoms with Crippen molar-refractivity contribution >= 4 is 5.95 Å². The molecule has 78 valence electrons. The normalized spacial score (nSPS) is 12.2. The average Bonchev–Trinajstić information content (AvgIpc) is 2.26. The van der Waals surface area contributed by atoms with E-state index in [2.05, 4.69) is 15.3 Å². The third-order valence-corrected chi connectivity index (χ3v) is 1.81.